The Balaban J connectivity index is 0. The minimum absolute atomic E-state index is 0. The minimum atomic E-state index is 0. The second-order valence-electron chi connectivity index (χ2n) is 0. The molecule has 0 aromatic carbocycles. The Hall–Kier alpha value is 2.80. The van der Waals surface area contributed by atoms with Gasteiger partial charge in [-0.15, -0.1) is 0 Å². The van der Waals surface area contributed by atoms with Crippen LogP contribution in [-0.2, 0) is 111 Å². The van der Waals surface area contributed by atoms with Gasteiger partial charge in [0.05, 0.1) is 0 Å². The van der Waals surface area contributed by atoms with Gasteiger partial charge in [0.1, 0.15) is 0 Å². The summed E-state index contributed by atoms with van der Waals surface area (Å²) in [6.07, 6.45) is 0. The summed E-state index contributed by atoms with van der Waals surface area (Å²) in [4.78, 5) is 0. The molecule has 8 heteroatoms. The van der Waals surface area contributed by atoms with Crippen LogP contribution in [0.15, 0.2) is 0 Å². The predicted octanol–water partition coefficient (Wildman–Crippen LogP) is -0.485. The van der Waals surface area contributed by atoms with Crippen molar-refractivity contribution >= 4 is 0 Å². The van der Waals surface area contributed by atoms with Gasteiger partial charge in [-0.3, -0.25) is 0 Å². The molecule has 0 radical (unpaired) electrons. The molecule has 0 spiro atoms. The van der Waals surface area contributed by atoms with Crippen molar-refractivity contribution in [3.63, 3.8) is 0 Å². The first kappa shape index (κ1) is 132. The van der Waals surface area contributed by atoms with Gasteiger partial charge < -0.3 is 21.9 Å². The van der Waals surface area contributed by atoms with Crippen molar-refractivity contribution in [1.82, 2.24) is 0 Å². The van der Waals surface area contributed by atoms with E-state index in [9.17, 15) is 0 Å². The zero-order valence-electron chi connectivity index (χ0n) is 2.84. The molecule has 0 bridgehead atoms. The molecule has 0 saturated heterocycles. The zero-order valence-corrected chi connectivity index (χ0v) is 8.77. The van der Waals surface area contributed by atoms with Crippen molar-refractivity contribution in [3.8, 4) is 0 Å². The van der Waals surface area contributed by atoms with Crippen LogP contribution in [0, 0.1) is 0 Å². The van der Waals surface area contributed by atoms with Gasteiger partial charge in [0.15, 0.2) is 0 Å². The van der Waals surface area contributed by atoms with Crippen LogP contribution >= 0.6 is 0 Å². The molecule has 0 fully saturated rings. The van der Waals surface area contributed by atoms with E-state index in [1.54, 1.807) is 0 Å². The second kappa shape index (κ2) is 96.8. The average molecular weight is 495 g/mol. The van der Waals surface area contributed by atoms with Crippen molar-refractivity contribution in [2.75, 3.05) is 0 Å². The van der Waals surface area contributed by atoms with Gasteiger partial charge in [0.25, 0.3) is 0 Å². The Kier molecular flexibility index (Phi) is 1600. The maximum absolute atomic E-state index is 0. The van der Waals surface area contributed by atoms with Crippen LogP contribution in [-0.4, -0.2) is 0 Å². The van der Waals surface area contributed by atoms with E-state index in [4.69, 9.17) is 0 Å². The molecule has 0 heterocycles. The van der Waals surface area contributed by atoms with Gasteiger partial charge in [-0.05, 0) is 0 Å². The molecule has 0 aromatic heterocycles. The van der Waals surface area contributed by atoms with Crippen LogP contribution in [0.3, 0.4) is 0 Å². The quantitative estimate of drug-likeness (QED) is 0.404. The minimum Gasteiger partial charge on any atom is -2.00 e. The van der Waals surface area contributed by atoms with Gasteiger partial charge in [-0.2, -0.15) is 0 Å². The molecule has 8 heavy (non-hydrogen) atoms. The summed E-state index contributed by atoms with van der Waals surface area (Å²) in [6.45, 7) is 0. The third kappa shape index (κ3) is 68.3. The Labute approximate surface area is 110 Å². The summed E-state index contributed by atoms with van der Waals surface area (Å²) in [5, 5.41) is 0. The monoisotopic (exact) mass is 492 g/mol. The van der Waals surface area contributed by atoms with Crippen LogP contribution in [0.5, 0.6) is 0 Å². The first-order valence-electron chi connectivity index (χ1n) is 0. The van der Waals surface area contributed by atoms with Crippen molar-refractivity contribution in [1.29, 1.82) is 0 Å². The van der Waals surface area contributed by atoms with Gasteiger partial charge in [0.2, 0.25) is 0 Å². The van der Waals surface area contributed by atoms with E-state index < -0.39 is 0 Å². The molecule has 0 atom stereocenters. The van der Waals surface area contributed by atoms with E-state index in [-0.39, 0.29) is 111 Å². The van der Waals surface area contributed by atoms with Crippen LogP contribution in [0.1, 0.15) is 0 Å². The fourth-order valence-electron chi connectivity index (χ4n) is 0. The molecule has 0 aliphatic heterocycles. The van der Waals surface area contributed by atoms with Crippen molar-refractivity contribution < 1.29 is 111 Å². The van der Waals surface area contributed by atoms with Gasteiger partial charge in [-0.25, -0.2) is 0 Å². The van der Waals surface area contributed by atoms with Crippen molar-refractivity contribution in [2.24, 2.45) is 0 Å². The Morgan fingerprint density at radius 2 is 0.250 bits per heavy atom. The summed E-state index contributed by atoms with van der Waals surface area (Å²) in [7, 11) is 0. The number of rotatable bonds is 0. The summed E-state index contributed by atoms with van der Waals surface area (Å²) in [5.41, 5.74) is 0. The molecule has 0 saturated carbocycles. The third-order valence-electron chi connectivity index (χ3n) is 0. The fourth-order valence-corrected chi connectivity index (χ4v) is 0. The molecule has 0 aliphatic carbocycles. The molecular formula is Ag4O4-4. The Bertz CT molecular complexity index is 8.00. The molecule has 0 rings (SSSR count). The maximum Gasteiger partial charge on any atom is 1.00 e. The molecule has 0 aliphatic rings. The van der Waals surface area contributed by atoms with Crippen LogP contribution in [0.25, 0.3) is 0 Å². The molecule has 0 unspecified atom stereocenters. The third-order valence-corrected chi connectivity index (χ3v) is 0. The van der Waals surface area contributed by atoms with E-state index in [1.807, 2.05) is 0 Å². The average Bonchev–Trinajstić information content (AvgIpc) is 0. The standard InChI is InChI=1S/4Ag.4O/q4*+1;4*-2. The number of hydrogen-bond donors (Lipinski definition) is 0. The molecular weight excluding hydrogens is 495 g/mol. The first-order chi connectivity index (χ1) is 0. The van der Waals surface area contributed by atoms with Crippen LogP contribution < -0.4 is 0 Å². The smallest absolute Gasteiger partial charge is 1.00 e. The van der Waals surface area contributed by atoms with Gasteiger partial charge >= 0.3 is 89.5 Å². The molecule has 0 N–H and O–H groups in total. The van der Waals surface area contributed by atoms with Crippen LogP contribution in [0.4, 0.5) is 0 Å². The molecule has 4 nitrogen and oxygen atoms in total. The fraction of sp³-hybridized carbons (Fsp3) is 0. The van der Waals surface area contributed by atoms with Crippen LogP contribution in [0.2, 0.25) is 0 Å². The summed E-state index contributed by atoms with van der Waals surface area (Å²) < 4.78 is 0. The zero-order chi connectivity index (χ0) is 0. The van der Waals surface area contributed by atoms with Crippen molar-refractivity contribution in [2.45, 2.75) is 0 Å². The normalized spacial score (nSPS) is 0. The Morgan fingerprint density at radius 1 is 0.250 bits per heavy atom. The Morgan fingerprint density at radius 3 is 0.250 bits per heavy atom. The van der Waals surface area contributed by atoms with E-state index >= 15 is 0 Å². The van der Waals surface area contributed by atoms with Gasteiger partial charge in [-0.1, -0.05) is 0 Å². The molecule has 0 aromatic rings. The largest absolute Gasteiger partial charge is 2.00 e. The van der Waals surface area contributed by atoms with Gasteiger partial charge in [0, 0.05) is 0 Å². The van der Waals surface area contributed by atoms with Crippen molar-refractivity contribution in [3.05, 3.63) is 0 Å². The molecule has 72 valence electrons. The van der Waals surface area contributed by atoms with E-state index in [1.165, 1.54) is 0 Å². The first-order valence-corrected chi connectivity index (χ1v) is 0. The van der Waals surface area contributed by atoms with E-state index in [0.29, 0.717) is 0 Å². The summed E-state index contributed by atoms with van der Waals surface area (Å²) in [6, 6.07) is 0. The summed E-state index contributed by atoms with van der Waals surface area (Å²) in [5.74, 6) is 0. The topological polar surface area (TPSA) is 114 Å². The number of hydrogen-bond acceptors (Lipinski definition) is 0. The second-order valence-corrected chi connectivity index (χ2v) is 0. The SMILES string of the molecule is [Ag+].[Ag+].[Ag+].[Ag+].[O-2].[O-2].[O-2].[O-2]. The van der Waals surface area contributed by atoms with E-state index in [2.05, 4.69) is 0 Å². The molecule has 0 amide bonds. The maximum atomic E-state index is 0. The summed E-state index contributed by atoms with van der Waals surface area (Å²) >= 11 is 0. The predicted molar refractivity (Wildman–Crippen MR) is 2.75 cm³/mol. The van der Waals surface area contributed by atoms with E-state index in [0.717, 1.165) is 0 Å².